The smallest absolute Gasteiger partial charge is 0.0540 e. The zero-order valence-corrected chi connectivity index (χ0v) is 23.6. The van der Waals surface area contributed by atoms with Crippen molar-refractivity contribution >= 4 is 27.8 Å². The summed E-state index contributed by atoms with van der Waals surface area (Å²) in [6.07, 6.45) is 14.0. The first-order valence-corrected chi connectivity index (χ1v) is 15.7. The van der Waals surface area contributed by atoms with Gasteiger partial charge in [0.15, 0.2) is 0 Å². The maximum absolute atomic E-state index is 2.48. The molecule has 0 aromatic heterocycles. The van der Waals surface area contributed by atoms with Crippen molar-refractivity contribution < 1.29 is 0 Å². The van der Waals surface area contributed by atoms with Gasteiger partial charge in [-0.1, -0.05) is 86.8 Å². The van der Waals surface area contributed by atoms with Gasteiger partial charge in [0.1, 0.15) is 0 Å². The van der Waals surface area contributed by atoms with Crippen LogP contribution < -0.4 is 4.90 Å². The summed E-state index contributed by atoms with van der Waals surface area (Å²) < 4.78 is 0. The molecule has 0 amide bonds. The summed E-state index contributed by atoms with van der Waals surface area (Å²) in [7, 11) is 0. The Labute approximate surface area is 235 Å². The van der Waals surface area contributed by atoms with Crippen LogP contribution in [0.15, 0.2) is 91.0 Å². The molecular formula is C38H43N. The third kappa shape index (κ3) is 5.13. The van der Waals surface area contributed by atoms with Gasteiger partial charge in [0.2, 0.25) is 0 Å². The van der Waals surface area contributed by atoms with E-state index in [2.05, 4.69) is 103 Å². The Bertz CT molecular complexity index is 1370. The number of rotatable bonds is 5. The third-order valence-corrected chi connectivity index (χ3v) is 10.2. The Morgan fingerprint density at radius 2 is 1.13 bits per heavy atom. The van der Waals surface area contributed by atoms with Gasteiger partial charge in [-0.2, -0.15) is 0 Å². The van der Waals surface area contributed by atoms with Crippen molar-refractivity contribution in [2.24, 2.45) is 17.8 Å². The van der Waals surface area contributed by atoms with Crippen molar-refractivity contribution in [3.63, 3.8) is 0 Å². The Kier molecular flexibility index (Phi) is 6.93. The molecule has 200 valence electrons. The molecule has 3 saturated carbocycles. The van der Waals surface area contributed by atoms with Gasteiger partial charge in [-0.25, -0.2) is 0 Å². The molecule has 1 nitrogen and oxygen atoms in total. The van der Waals surface area contributed by atoms with E-state index in [9.17, 15) is 0 Å². The van der Waals surface area contributed by atoms with Crippen LogP contribution in [-0.4, -0.2) is 0 Å². The maximum Gasteiger partial charge on any atom is 0.0540 e. The Morgan fingerprint density at radius 3 is 1.79 bits per heavy atom. The lowest BCUT2D eigenvalue weighted by Crippen LogP contribution is -2.29. The first-order chi connectivity index (χ1) is 19.2. The molecule has 3 aliphatic rings. The van der Waals surface area contributed by atoms with Gasteiger partial charge in [-0.15, -0.1) is 0 Å². The van der Waals surface area contributed by atoms with Crippen molar-refractivity contribution in [3.05, 3.63) is 102 Å². The summed E-state index contributed by atoms with van der Waals surface area (Å²) in [5.74, 6) is 4.27. The van der Waals surface area contributed by atoms with E-state index in [-0.39, 0.29) is 0 Å². The zero-order chi connectivity index (χ0) is 26.2. The Morgan fingerprint density at radius 1 is 0.538 bits per heavy atom. The molecule has 2 atom stereocenters. The van der Waals surface area contributed by atoms with Crippen molar-refractivity contribution in [1.82, 2.24) is 0 Å². The highest BCUT2D eigenvalue weighted by atomic mass is 15.1. The highest BCUT2D eigenvalue weighted by Gasteiger charge is 2.35. The zero-order valence-electron chi connectivity index (χ0n) is 23.6. The molecule has 2 bridgehead atoms. The van der Waals surface area contributed by atoms with Crippen molar-refractivity contribution in [3.8, 4) is 0 Å². The molecule has 0 saturated heterocycles. The van der Waals surface area contributed by atoms with Crippen LogP contribution in [0.25, 0.3) is 10.8 Å². The van der Waals surface area contributed by atoms with Crippen LogP contribution in [-0.2, 0) is 0 Å². The predicted molar refractivity (Wildman–Crippen MR) is 166 cm³/mol. The second kappa shape index (κ2) is 10.8. The highest BCUT2D eigenvalue weighted by Crippen LogP contribution is 2.48. The summed E-state index contributed by atoms with van der Waals surface area (Å²) >= 11 is 0. The van der Waals surface area contributed by atoms with Gasteiger partial charge >= 0.3 is 0 Å². The van der Waals surface area contributed by atoms with Crippen LogP contribution in [0.1, 0.15) is 94.1 Å². The monoisotopic (exact) mass is 513 g/mol. The molecular weight excluding hydrogens is 470 g/mol. The number of hydrogen-bond acceptors (Lipinski definition) is 1. The second-order valence-corrected chi connectivity index (χ2v) is 13.1. The van der Waals surface area contributed by atoms with Crippen LogP contribution in [0.3, 0.4) is 0 Å². The first kappa shape index (κ1) is 24.9. The van der Waals surface area contributed by atoms with Crippen molar-refractivity contribution in [2.75, 3.05) is 4.90 Å². The van der Waals surface area contributed by atoms with E-state index < -0.39 is 0 Å². The number of nitrogens with zero attached hydrogens (tertiary/aromatic N) is 1. The Hall–Kier alpha value is -3.06. The fraction of sp³-hybridized carbons (Fsp3) is 0.421. The minimum atomic E-state index is 0.732. The second-order valence-electron chi connectivity index (χ2n) is 13.1. The first-order valence-electron chi connectivity index (χ1n) is 15.7. The van der Waals surface area contributed by atoms with E-state index in [0.29, 0.717) is 0 Å². The largest absolute Gasteiger partial charge is 0.310 e. The number of fused-ring (bicyclic) bond motifs is 3. The van der Waals surface area contributed by atoms with E-state index in [1.165, 1.54) is 97.6 Å². The van der Waals surface area contributed by atoms with Crippen LogP contribution in [0.4, 0.5) is 17.1 Å². The molecule has 4 aromatic rings. The van der Waals surface area contributed by atoms with Crippen LogP contribution in [0, 0.1) is 17.8 Å². The number of hydrogen-bond donors (Lipinski definition) is 0. The average Bonchev–Trinajstić information content (AvgIpc) is 2.98. The van der Waals surface area contributed by atoms with Crippen LogP contribution in [0.5, 0.6) is 0 Å². The molecule has 0 aliphatic heterocycles. The predicted octanol–water partition coefficient (Wildman–Crippen LogP) is 11.3. The van der Waals surface area contributed by atoms with Gasteiger partial charge in [0.25, 0.3) is 0 Å². The standard InChI is InChI=1S/C38H43N/c1-27-22-28-24-29(23-27)26-34(25-28)32-16-20-36(21-17-32)39(38-13-7-11-33-10-5-6-12-37(33)38)35-18-14-31(15-19-35)30-8-3-2-4-9-30/h5-7,10-21,27-30,34H,2-4,8-9,22-26H2,1H3. The van der Waals surface area contributed by atoms with Gasteiger partial charge < -0.3 is 4.90 Å². The minimum absolute atomic E-state index is 0.732. The summed E-state index contributed by atoms with van der Waals surface area (Å²) in [4.78, 5) is 2.48. The average molecular weight is 514 g/mol. The van der Waals surface area contributed by atoms with Crippen molar-refractivity contribution in [2.45, 2.75) is 83.0 Å². The van der Waals surface area contributed by atoms with Crippen LogP contribution >= 0.6 is 0 Å². The summed E-state index contributed by atoms with van der Waals surface area (Å²) in [6, 6.07) is 34.7. The van der Waals surface area contributed by atoms with Gasteiger partial charge in [-0.05, 0) is 121 Å². The molecule has 3 aliphatic carbocycles. The maximum atomic E-state index is 2.48. The molecule has 39 heavy (non-hydrogen) atoms. The molecule has 2 unspecified atom stereocenters. The lowest BCUT2D eigenvalue weighted by atomic mass is 9.64. The van der Waals surface area contributed by atoms with Gasteiger partial charge in [-0.3, -0.25) is 0 Å². The summed E-state index contributed by atoms with van der Waals surface area (Å²) in [5.41, 5.74) is 6.83. The fourth-order valence-corrected chi connectivity index (χ4v) is 8.51. The quantitative estimate of drug-likeness (QED) is 0.256. The minimum Gasteiger partial charge on any atom is -0.310 e. The molecule has 0 spiro atoms. The van der Waals surface area contributed by atoms with E-state index in [1.807, 2.05) is 0 Å². The lowest BCUT2D eigenvalue weighted by molar-refractivity contribution is 0.130. The normalized spacial score (nSPS) is 25.5. The van der Waals surface area contributed by atoms with Gasteiger partial charge in [0.05, 0.1) is 5.69 Å². The van der Waals surface area contributed by atoms with E-state index in [1.54, 1.807) is 5.56 Å². The number of benzene rings is 4. The fourth-order valence-electron chi connectivity index (χ4n) is 8.51. The molecule has 1 heteroatoms. The summed E-state index contributed by atoms with van der Waals surface area (Å²) in [6.45, 7) is 2.47. The summed E-state index contributed by atoms with van der Waals surface area (Å²) in [5, 5.41) is 2.59. The molecule has 7 rings (SSSR count). The Balaban J connectivity index is 1.23. The molecule has 0 N–H and O–H groups in total. The molecule has 4 aromatic carbocycles. The van der Waals surface area contributed by atoms with E-state index in [0.717, 1.165) is 29.6 Å². The van der Waals surface area contributed by atoms with Crippen LogP contribution in [0.2, 0.25) is 0 Å². The molecule has 0 radical (unpaired) electrons. The van der Waals surface area contributed by atoms with E-state index in [4.69, 9.17) is 0 Å². The molecule has 3 fully saturated rings. The van der Waals surface area contributed by atoms with E-state index >= 15 is 0 Å². The number of anilines is 3. The molecule has 0 heterocycles. The topological polar surface area (TPSA) is 3.24 Å². The third-order valence-electron chi connectivity index (χ3n) is 10.2. The lowest BCUT2D eigenvalue weighted by Gasteiger charge is -2.42. The highest BCUT2D eigenvalue weighted by molar-refractivity contribution is 5.98. The van der Waals surface area contributed by atoms with Gasteiger partial charge in [0, 0.05) is 16.8 Å². The van der Waals surface area contributed by atoms with Crippen molar-refractivity contribution in [1.29, 1.82) is 0 Å². The SMILES string of the molecule is CC1CC2CC(C1)CC(c1ccc(N(c3ccc(C4CCCCC4)cc3)c3cccc4ccccc34)cc1)C2.